The highest BCUT2D eigenvalue weighted by molar-refractivity contribution is 6.31. The first-order valence-electron chi connectivity index (χ1n) is 6.45. The molecule has 2 nitrogen and oxygen atoms in total. The first-order chi connectivity index (χ1) is 8.57. The van der Waals surface area contributed by atoms with Gasteiger partial charge < -0.3 is 10.0 Å². The number of rotatable bonds is 2. The molecule has 18 heavy (non-hydrogen) atoms. The smallest absolute Gasteiger partial charge is 0.123 e. The summed E-state index contributed by atoms with van der Waals surface area (Å²) in [6.07, 6.45) is 2.25. The summed E-state index contributed by atoms with van der Waals surface area (Å²) >= 11 is 6.09. The number of piperidine rings is 1. The van der Waals surface area contributed by atoms with E-state index in [0.717, 1.165) is 38.0 Å². The molecule has 4 heteroatoms. The van der Waals surface area contributed by atoms with E-state index in [1.54, 1.807) is 6.07 Å². The predicted molar refractivity (Wildman–Crippen MR) is 69.2 cm³/mol. The van der Waals surface area contributed by atoms with Gasteiger partial charge in [-0.05, 0) is 43.1 Å². The summed E-state index contributed by atoms with van der Waals surface area (Å²) in [5, 5.41) is 11.4. The van der Waals surface area contributed by atoms with Crippen molar-refractivity contribution in [2.24, 2.45) is 5.92 Å². The van der Waals surface area contributed by atoms with Crippen LogP contribution in [0, 0.1) is 11.7 Å². The summed E-state index contributed by atoms with van der Waals surface area (Å²) in [5.41, 5.74) is 0.00395. The van der Waals surface area contributed by atoms with Crippen molar-refractivity contribution >= 4 is 11.6 Å². The van der Waals surface area contributed by atoms with Crippen molar-refractivity contribution in [3.8, 4) is 0 Å². The highest BCUT2D eigenvalue weighted by atomic mass is 35.5. The van der Waals surface area contributed by atoms with Crippen molar-refractivity contribution in [2.75, 3.05) is 19.6 Å². The molecule has 1 N–H and O–H groups in total. The molecule has 2 fully saturated rings. The van der Waals surface area contributed by atoms with E-state index < -0.39 is 5.60 Å². The zero-order valence-electron chi connectivity index (χ0n) is 10.2. The number of benzene rings is 1. The van der Waals surface area contributed by atoms with Crippen LogP contribution in [0.25, 0.3) is 0 Å². The Kier molecular flexibility index (Phi) is 3.08. The first kappa shape index (κ1) is 12.4. The van der Waals surface area contributed by atoms with Crippen molar-refractivity contribution in [2.45, 2.75) is 24.9 Å². The molecule has 3 rings (SSSR count). The van der Waals surface area contributed by atoms with Gasteiger partial charge in [0.05, 0.1) is 5.60 Å². The largest absolute Gasteiger partial charge is 0.389 e. The number of hydrogen-bond donors (Lipinski definition) is 1. The molecule has 0 aliphatic carbocycles. The molecule has 3 atom stereocenters. The maximum atomic E-state index is 13.3. The molecule has 0 saturated carbocycles. The van der Waals surface area contributed by atoms with Gasteiger partial charge in [0.2, 0.25) is 0 Å². The summed E-state index contributed by atoms with van der Waals surface area (Å²) in [7, 11) is 0. The van der Waals surface area contributed by atoms with Crippen LogP contribution in [0.2, 0.25) is 5.02 Å². The van der Waals surface area contributed by atoms with Crippen LogP contribution < -0.4 is 0 Å². The Morgan fingerprint density at radius 3 is 3.11 bits per heavy atom. The third kappa shape index (κ3) is 2.15. The van der Waals surface area contributed by atoms with Crippen LogP contribution in [-0.4, -0.2) is 35.2 Å². The van der Waals surface area contributed by atoms with Crippen LogP contribution in [0.15, 0.2) is 18.2 Å². The van der Waals surface area contributed by atoms with Gasteiger partial charge >= 0.3 is 0 Å². The second-order valence-corrected chi connectivity index (χ2v) is 5.96. The molecule has 1 aromatic carbocycles. The lowest BCUT2D eigenvalue weighted by Crippen LogP contribution is -2.47. The van der Waals surface area contributed by atoms with Crippen molar-refractivity contribution in [1.29, 1.82) is 0 Å². The van der Waals surface area contributed by atoms with E-state index in [1.807, 2.05) is 0 Å². The normalized spacial score (nSPS) is 34.8. The molecule has 0 radical (unpaired) electrons. The summed E-state index contributed by atoms with van der Waals surface area (Å²) < 4.78 is 13.3. The van der Waals surface area contributed by atoms with Crippen LogP contribution in [0.5, 0.6) is 0 Å². The highest BCUT2D eigenvalue weighted by Crippen LogP contribution is 2.38. The fourth-order valence-corrected chi connectivity index (χ4v) is 3.46. The molecule has 2 bridgehead atoms. The Labute approximate surface area is 111 Å². The lowest BCUT2D eigenvalue weighted by molar-refractivity contribution is -0.0439. The molecular weight excluding hydrogens is 253 g/mol. The van der Waals surface area contributed by atoms with Crippen LogP contribution in [0.1, 0.15) is 18.4 Å². The van der Waals surface area contributed by atoms with Gasteiger partial charge in [0.1, 0.15) is 5.82 Å². The monoisotopic (exact) mass is 269 g/mol. The maximum absolute atomic E-state index is 13.3. The molecule has 1 aromatic rings. The Morgan fingerprint density at radius 1 is 1.44 bits per heavy atom. The topological polar surface area (TPSA) is 23.5 Å². The number of hydrogen-bond acceptors (Lipinski definition) is 2. The average molecular weight is 270 g/mol. The maximum Gasteiger partial charge on any atom is 0.123 e. The van der Waals surface area contributed by atoms with Crippen LogP contribution >= 0.6 is 11.6 Å². The van der Waals surface area contributed by atoms with Crippen molar-refractivity contribution in [3.05, 3.63) is 34.6 Å². The van der Waals surface area contributed by atoms with E-state index in [-0.39, 0.29) is 5.82 Å². The summed E-state index contributed by atoms with van der Waals surface area (Å²) in [6.45, 7) is 2.97. The van der Waals surface area contributed by atoms with Crippen molar-refractivity contribution in [3.63, 3.8) is 0 Å². The molecule has 2 aliphatic rings. The molecule has 2 aliphatic heterocycles. The van der Waals surface area contributed by atoms with Gasteiger partial charge in [-0.3, -0.25) is 0 Å². The zero-order chi connectivity index (χ0) is 12.8. The minimum Gasteiger partial charge on any atom is -0.389 e. The van der Waals surface area contributed by atoms with Gasteiger partial charge in [0.25, 0.3) is 0 Å². The minimum atomic E-state index is -0.718. The minimum absolute atomic E-state index is 0.290. The molecule has 0 amide bonds. The Hall–Kier alpha value is -0.640. The third-order valence-electron chi connectivity index (χ3n) is 4.40. The van der Waals surface area contributed by atoms with Gasteiger partial charge in [-0.25, -0.2) is 4.39 Å². The lowest BCUT2D eigenvalue weighted by atomic mass is 9.78. The van der Waals surface area contributed by atoms with Gasteiger partial charge in [0, 0.05) is 30.5 Å². The molecule has 0 aromatic heterocycles. The van der Waals surface area contributed by atoms with E-state index in [9.17, 15) is 9.50 Å². The average Bonchev–Trinajstić information content (AvgIpc) is 2.75. The quantitative estimate of drug-likeness (QED) is 0.892. The fourth-order valence-electron chi connectivity index (χ4n) is 3.27. The number of nitrogens with zero attached hydrogens (tertiary/aromatic N) is 1. The predicted octanol–water partition coefficient (Wildman–Crippen LogP) is 2.48. The van der Waals surface area contributed by atoms with E-state index in [4.69, 9.17) is 11.6 Å². The lowest BCUT2D eigenvalue weighted by Gasteiger charge is -2.39. The molecular formula is C14H17ClFNO. The van der Waals surface area contributed by atoms with E-state index in [0.29, 0.717) is 17.4 Å². The van der Waals surface area contributed by atoms with Crippen LogP contribution in [0.4, 0.5) is 4.39 Å². The molecule has 2 saturated heterocycles. The number of halogens is 2. The zero-order valence-corrected chi connectivity index (χ0v) is 11.0. The summed E-state index contributed by atoms with van der Waals surface area (Å²) in [4.78, 5) is 2.38. The SMILES string of the molecule is OC1(Cc2cc(F)ccc2Cl)CCN2CCC1C2. The third-order valence-corrected chi connectivity index (χ3v) is 4.77. The second kappa shape index (κ2) is 4.48. The Morgan fingerprint density at radius 2 is 2.28 bits per heavy atom. The Bertz CT molecular complexity index is 467. The molecule has 98 valence electrons. The van der Waals surface area contributed by atoms with E-state index >= 15 is 0 Å². The van der Waals surface area contributed by atoms with Crippen molar-refractivity contribution < 1.29 is 9.50 Å². The number of fused-ring (bicyclic) bond motifs is 2. The molecule has 2 heterocycles. The van der Waals surface area contributed by atoms with Crippen molar-refractivity contribution in [1.82, 2.24) is 4.90 Å². The highest BCUT2D eigenvalue weighted by Gasteiger charge is 2.44. The van der Waals surface area contributed by atoms with Gasteiger partial charge in [0.15, 0.2) is 0 Å². The summed E-state index contributed by atoms with van der Waals surface area (Å²) in [5.74, 6) is 0.00689. The van der Waals surface area contributed by atoms with Crippen LogP contribution in [0.3, 0.4) is 0 Å². The first-order valence-corrected chi connectivity index (χ1v) is 6.83. The van der Waals surface area contributed by atoms with Gasteiger partial charge in [-0.15, -0.1) is 0 Å². The summed E-state index contributed by atoms with van der Waals surface area (Å²) in [6, 6.07) is 4.37. The van der Waals surface area contributed by atoms with E-state index in [1.165, 1.54) is 12.1 Å². The fraction of sp³-hybridized carbons (Fsp3) is 0.571. The number of aliphatic hydroxyl groups is 1. The van der Waals surface area contributed by atoms with Gasteiger partial charge in [-0.1, -0.05) is 11.6 Å². The second-order valence-electron chi connectivity index (χ2n) is 5.55. The molecule has 0 spiro atoms. The Balaban J connectivity index is 1.84. The van der Waals surface area contributed by atoms with Crippen LogP contribution in [-0.2, 0) is 6.42 Å². The standard InChI is InChI=1S/C14H17ClFNO/c15-13-2-1-12(16)7-10(13)8-14(18)4-6-17-5-3-11(14)9-17/h1-2,7,11,18H,3-6,8-9H2. The van der Waals surface area contributed by atoms with Gasteiger partial charge in [-0.2, -0.15) is 0 Å². The van der Waals surface area contributed by atoms with E-state index in [2.05, 4.69) is 4.90 Å². The molecule has 3 unspecified atom stereocenters.